The molecule has 1 aromatic heterocycles. The Labute approximate surface area is 112 Å². The quantitative estimate of drug-likeness (QED) is 0.720. The maximum absolute atomic E-state index is 4.67. The normalized spacial score (nSPS) is 11.4. The highest BCUT2D eigenvalue weighted by Gasteiger charge is 2.11. The average molecular weight is 251 g/mol. The zero-order valence-corrected chi connectivity index (χ0v) is 12.7. The van der Waals surface area contributed by atoms with Gasteiger partial charge in [-0.25, -0.2) is 0 Å². The summed E-state index contributed by atoms with van der Waals surface area (Å²) in [6.45, 7) is 14.3. The van der Waals surface area contributed by atoms with Crippen LogP contribution >= 0.6 is 0 Å². The van der Waals surface area contributed by atoms with Crippen molar-refractivity contribution in [3.8, 4) is 0 Å². The number of nitrogens with zero attached hydrogens (tertiary/aromatic N) is 2. The number of rotatable bonds is 8. The van der Waals surface area contributed by atoms with Gasteiger partial charge in [-0.2, -0.15) is 5.10 Å². The topological polar surface area (TPSA) is 29.9 Å². The minimum Gasteiger partial charge on any atom is -0.316 e. The van der Waals surface area contributed by atoms with Gasteiger partial charge in [0.2, 0.25) is 0 Å². The van der Waals surface area contributed by atoms with Gasteiger partial charge in [0.1, 0.15) is 0 Å². The first-order chi connectivity index (χ1) is 8.56. The van der Waals surface area contributed by atoms with Gasteiger partial charge in [-0.3, -0.25) is 4.68 Å². The predicted molar refractivity (Wildman–Crippen MR) is 78.0 cm³/mol. The molecule has 1 aromatic rings. The van der Waals surface area contributed by atoms with Gasteiger partial charge in [-0.15, -0.1) is 0 Å². The summed E-state index contributed by atoms with van der Waals surface area (Å²) < 4.78 is 2.19. The first-order valence-electron chi connectivity index (χ1n) is 7.29. The lowest BCUT2D eigenvalue weighted by Gasteiger charge is -2.08. The van der Waals surface area contributed by atoms with Crippen molar-refractivity contribution in [2.75, 3.05) is 13.1 Å². The summed E-state index contributed by atoms with van der Waals surface area (Å²) in [6.07, 6.45) is 3.50. The van der Waals surface area contributed by atoms with Crippen molar-refractivity contribution >= 4 is 0 Å². The molecule has 3 heteroatoms. The van der Waals surface area contributed by atoms with Crippen LogP contribution in [0.2, 0.25) is 0 Å². The molecule has 0 aliphatic heterocycles. The highest BCUT2D eigenvalue weighted by Crippen LogP contribution is 2.15. The van der Waals surface area contributed by atoms with E-state index in [0.29, 0.717) is 0 Å². The molecule has 0 aromatic carbocycles. The Kier molecular flexibility index (Phi) is 6.41. The van der Waals surface area contributed by atoms with Gasteiger partial charge in [-0.05, 0) is 57.7 Å². The van der Waals surface area contributed by atoms with Crippen molar-refractivity contribution in [1.82, 2.24) is 15.1 Å². The highest BCUT2D eigenvalue weighted by molar-refractivity contribution is 5.24. The number of hydrogen-bond acceptors (Lipinski definition) is 2. The van der Waals surface area contributed by atoms with Crippen LogP contribution in [0.25, 0.3) is 0 Å². The summed E-state index contributed by atoms with van der Waals surface area (Å²) in [5.41, 5.74) is 3.99. The van der Waals surface area contributed by atoms with Crippen LogP contribution in [0, 0.1) is 19.8 Å². The molecule has 0 atom stereocenters. The fraction of sp³-hybridized carbons (Fsp3) is 0.800. The molecule has 0 radical (unpaired) electrons. The van der Waals surface area contributed by atoms with Gasteiger partial charge in [0, 0.05) is 12.2 Å². The lowest BCUT2D eigenvalue weighted by atomic mass is 10.1. The smallest absolute Gasteiger partial charge is 0.0628 e. The monoisotopic (exact) mass is 251 g/mol. The molecule has 0 aliphatic rings. The first kappa shape index (κ1) is 15.2. The molecule has 0 saturated carbocycles. The van der Waals surface area contributed by atoms with Crippen molar-refractivity contribution in [3.05, 3.63) is 17.0 Å². The van der Waals surface area contributed by atoms with E-state index in [0.717, 1.165) is 32.0 Å². The fourth-order valence-corrected chi connectivity index (χ4v) is 2.21. The molecule has 1 heterocycles. The lowest BCUT2D eigenvalue weighted by molar-refractivity contribution is 0.478. The van der Waals surface area contributed by atoms with E-state index in [1.807, 2.05) is 0 Å². The van der Waals surface area contributed by atoms with Crippen LogP contribution in [0.15, 0.2) is 0 Å². The van der Waals surface area contributed by atoms with Crippen molar-refractivity contribution < 1.29 is 0 Å². The van der Waals surface area contributed by atoms with E-state index in [2.05, 4.69) is 49.7 Å². The lowest BCUT2D eigenvalue weighted by Crippen LogP contribution is -2.18. The van der Waals surface area contributed by atoms with Crippen molar-refractivity contribution in [2.24, 2.45) is 5.92 Å². The van der Waals surface area contributed by atoms with E-state index >= 15 is 0 Å². The molecule has 0 spiro atoms. The second-order valence-corrected chi connectivity index (χ2v) is 5.56. The van der Waals surface area contributed by atoms with Crippen LogP contribution in [-0.2, 0) is 13.0 Å². The summed E-state index contributed by atoms with van der Waals surface area (Å²) in [5.74, 6) is 0.739. The molecule has 1 N–H and O–H groups in total. The minimum absolute atomic E-state index is 0.739. The number of aryl methyl sites for hydroxylation is 2. The Morgan fingerprint density at radius 2 is 1.94 bits per heavy atom. The van der Waals surface area contributed by atoms with Gasteiger partial charge >= 0.3 is 0 Å². The van der Waals surface area contributed by atoms with Crippen LogP contribution < -0.4 is 5.32 Å². The van der Waals surface area contributed by atoms with E-state index in [1.165, 1.54) is 29.8 Å². The first-order valence-corrected chi connectivity index (χ1v) is 7.29. The van der Waals surface area contributed by atoms with Crippen LogP contribution in [-0.4, -0.2) is 22.9 Å². The standard InChI is InChI=1S/C15H29N3/c1-6-9-16-10-7-15-13(4)17-18(14(15)5)11-8-12(2)3/h12,16H,6-11H2,1-5H3. The van der Waals surface area contributed by atoms with Crippen molar-refractivity contribution in [3.63, 3.8) is 0 Å². The van der Waals surface area contributed by atoms with Gasteiger partial charge < -0.3 is 5.32 Å². The molecule has 0 unspecified atom stereocenters. The number of hydrogen-bond donors (Lipinski definition) is 1. The SMILES string of the molecule is CCCNCCc1c(C)nn(CCC(C)C)c1C. The number of aromatic nitrogens is 2. The van der Waals surface area contributed by atoms with Crippen LogP contribution in [0.4, 0.5) is 0 Å². The van der Waals surface area contributed by atoms with Crippen LogP contribution in [0.3, 0.4) is 0 Å². The van der Waals surface area contributed by atoms with Crippen molar-refractivity contribution in [1.29, 1.82) is 0 Å². The Bertz CT molecular complexity index is 353. The second-order valence-electron chi connectivity index (χ2n) is 5.56. The molecule has 0 aliphatic carbocycles. The third-order valence-corrected chi connectivity index (χ3v) is 3.43. The molecular formula is C15H29N3. The summed E-state index contributed by atoms with van der Waals surface area (Å²) in [4.78, 5) is 0. The molecule has 0 saturated heterocycles. The van der Waals surface area contributed by atoms with E-state index in [1.54, 1.807) is 0 Å². The molecule has 1 rings (SSSR count). The minimum atomic E-state index is 0.739. The van der Waals surface area contributed by atoms with Gasteiger partial charge in [0.15, 0.2) is 0 Å². The van der Waals surface area contributed by atoms with E-state index < -0.39 is 0 Å². The Morgan fingerprint density at radius 1 is 1.22 bits per heavy atom. The molecule has 0 amide bonds. The zero-order chi connectivity index (χ0) is 13.5. The largest absolute Gasteiger partial charge is 0.316 e. The highest BCUT2D eigenvalue weighted by atomic mass is 15.3. The second kappa shape index (κ2) is 7.57. The van der Waals surface area contributed by atoms with Crippen LogP contribution in [0.5, 0.6) is 0 Å². The fourth-order valence-electron chi connectivity index (χ4n) is 2.21. The summed E-state index contributed by atoms with van der Waals surface area (Å²) in [5, 5.41) is 8.13. The van der Waals surface area contributed by atoms with Crippen molar-refractivity contribution in [2.45, 2.75) is 60.4 Å². The van der Waals surface area contributed by atoms with E-state index in [4.69, 9.17) is 0 Å². The Morgan fingerprint density at radius 3 is 2.56 bits per heavy atom. The average Bonchev–Trinajstić information content (AvgIpc) is 2.58. The molecular weight excluding hydrogens is 222 g/mol. The summed E-state index contributed by atoms with van der Waals surface area (Å²) in [7, 11) is 0. The Balaban J connectivity index is 2.57. The summed E-state index contributed by atoms with van der Waals surface area (Å²) >= 11 is 0. The maximum Gasteiger partial charge on any atom is 0.0628 e. The summed E-state index contributed by atoms with van der Waals surface area (Å²) in [6, 6.07) is 0. The molecule has 3 nitrogen and oxygen atoms in total. The molecule has 104 valence electrons. The third-order valence-electron chi connectivity index (χ3n) is 3.43. The van der Waals surface area contributed by atoms with Crippen LogP contribution in [0.1, 0.15) is 50.6 Å². The van der Waals surface area contributed by atoms with E-state index in [9.17, 15) is 0 Å². The maximum atomic E-state index is 4.67. The molecule has 0 bridgehead atoms. The van der Waals surface area contributed by atoms with Gasteiger partial charge in [0.25, 0.3) is 0 Å². The zero-order valence-electron chi connectivity index (χ0n) is 12.7. The molecule has 0 fully saturated rings. The van der Waals surface area contributed by atoms with Gasteiger partial charge in [0.05, 0.1) is 5.69 Å². The van der Waals surface area contributed by atoms with Gasteiger partial charge in [-0.1, -0.05) is 20.8 Å². The third kappa shape index (κ3) is 4.45. The molecule has 18 heavy (non-hydrogen) atoms. The Hall–Kier alpha value is -0.830. The van der Waals surface area contributed by atoms with E-state index in [-0.39, 0.29) is 0 Å². The predicted octanol–water partition coefficient (Wildman–Crippen LogP) is 3.09. The number of nitrogens with one attached hydrogen (secondary N) is 1.